The topological polar surface area (TPSA) is 89.1 Å². The molecule has 0 bridgehead atoms. The van der Waals surface area contributed by atoms with Crippen LogP contribution in [0.3, 0.4) is 0 Å². The van der Waals surface area contributed by atoms with Gasteiger partial charge in [0.05, 0.1) is 19.8 Å². The minimum atomic E-state index is -2.84. The van der Waals surface area contributed by atoms with Crippen LogP contribution in [0.5, 0.6) is 0 Å². The zero-order chi connectivity index (χ0) is 26.1. The first-order chi connectivity index (χ1) is 15.4. The smallest absolute Gasteiger partial charge is 0.469 e. The van der Waals surface area contributed by atoms with Crippen LogP contribution >= 0.6 is 0 Å². The normalized spacial score (nSPS) is 17.6. The van der Waals surface area contributed by atoms with E-state index in [0.29, 0.717) is 45.8 Å². The summed E-state index contributed by atoms with van der Waals surface area (Å²) in [6.45, 7) is 23.1. The van der Waals surface area contributed by atoms with Crippen LogP contribution in [0.2, 0.25) is 65.0 Å². The number of unbranched alkanes of at least 4 members (excludes halogenated alkanes) is 2. The highest BCUT2D eigenvalue weighted by Crippen LogP contribution is 2.29. The largest absolute Gasteiger partial charge is 0.633 e. The maximum absolute atomic E-state index is 12.5. The van der Waals surface area contributed by atoms with Gasteiger partial charge in [0, 0.05) is 19.0 Å². The molecule has 0 unspecified atom stereocenters. The Kier molecular flexibility index (Phi) is 12.8. The Morgan fingerprint density at radius 1 is 0.824 bits per heavy atom. The first-order valence-electron chi connectivity index (χ1n) is 12.9. The van der Waals surface area contributed by atoms with Gasteiger partial charge < -0.3 is 32.3 Å². The van der Waals surface area contributed by atoms with E-state index in [0.717, 1.165) is 31.7 Å². The highest BCUT2D eigenvalue weighted by molar-refractivity contribution is 6.90. The third-order valence-corrected chi connectivity index (χ3v) is 17.2. The van der Waals surface area contributed by atoms with Crippen molar-refractivity contribution < 1.29 is 26.5 Å². The summed E-state index contributed by atoms with van der Waals surface area (Å²) in [6.07, 6.45) is 3.88. The molecule has 0 aromatic rings. The fourth-order valence-corrected chi connectivity index (χ4v) is 18.7. The molecule has 0 saturated carbocycles. The number of nitrogens with zero attached hydrogens (tertiary/aromatic N) is 1. The van der Waals surface area contributed by atoms with Gasteiger partial charge >= 0.3 is 8.80 Å². The molecule has 0 aromatic carbocycles. The standard InChI is InChI=1S/C22H52N2O6Si4/c1-31(2,3)28-34(29-32(4,5)6,30-33(7,8)9)21-13-15-23-22(25)14-11-10-12-16-24(26)17-19-27-20-18-24/h10-21H2,1-9H3,(H,23,25). The van der Waals surface area contributed by atoms with Crippen molar-refractivity contribution in [2.75, 3.05) is 39.4 Å². The van der Waals surface area contributed by atoms with Crippen molar-refractivity contribution >= 4 is 39.7 Å². The fraction of sp³-hybridized carbons (Fsp3) is 0.955. The van der Waals surface area contributed by atoms with Crippen molar-refractivity contribution in [2.24, 2.45) is 0 Å². The first-order valence-corrected chi connectivity index (χ1v) is 25.1. The molecule has 1 N–H and O–H groups in total. The average Bonchev–Trinajstić information content (AvgIpc) is 2.61. The molecule has 1 fully saturated rings. The molecular formula is C22H52N2O6Si4. The second-order valence-electron chi connectivity index (χ2n) is 12.4. The van der Waals surface area contributed by atoms with Crippen LogP contribution in [0.4, 0.5) is 0 Å². The SMILES string of the molecule is C[Si](C)(C)O[Si](CCCNC(=O)CCCCC[N+]1([O-])CCOCC1)(O[Si](C)(C)C)O[Si](C)(C)C. The van der Waals surface area contributed by atoms with E-state index in [-0.39, 0.29) is 10.6 Å². The van der Waals surface area contributed by atoms with Crippen LogP contribution < -0.4 is 5.32 Å². The van der Waals surface area contributed by atoms with Gasteiger partial charge in [-0.15, -0.1) is 0 Å². The monoisotopic (exact) mass is 552 g/mol. The molecule has 1 amide bonds. The summed E-state index contributed by atoms with van der Waals surface area (Å²) < 4.78 is 25.2. The van der Waals surface area contributed by atoms with Crippen LogP contribution in [-0.4, -0.2) is 83.7 Å². The maximum Gasteiger partial charge on any atom is 0.469 e. The van der Waals surface area contributed by atoms with Gasteiger partial charge in [-0.1, -0.05) is 0 Å². The molecule has 0 atom stereocenters. The molecule has 34 heavy (non-hydrogen) atoms. The lowest BCUT2D eigenvalue weighted by Crippen LogP contribution is -2.60. The Morgan fingerprint density at radius 3 is 1.79 bits per heavy atom. The Balaban J connectivity index is 2.47. The van der Waals surface area contributed by atoms with E-state index < -0.39 is 33.8 Å². The zero-order valence-electron chi connectivity index (χ0n) is 23.4. The zero-order valence-corrected chi connectivity index (χ0v) is 27.4. The quantitative estimate of drug-likeness (QED) is 0.127. The number of hydrogen-bond acceptors (Lipinski definition) is 6. The summed E-state index contributed by atoms with van der Waals surface area (Å²) in [5.41, 5.74) is 0. The number of ether oxygens (including phenoxy) is 1. The van der Waals surface area contributed by atoms with Crippen LogP contribution in [-0.2, 0) is 21.9 Å². The van der Waals surface area contributed by atoms with Gasteiger partial charge in [0.25, 0.3) is 0 Å². The summed E-state index contributed by atoms with van der Waals surface area (Å²) in [7, 11) is -8.48. The van der Waals surface area contributed by atoms with Crippen LogP contribution in [0.25, 0.3) is 0 Å². The lowest BCUT2D eigenvalue weighted by molar-refractivity contribution is -0.888. The van der Waals surface area contributed by atoms with Gasteiger partial charge in [-0.3, -0.25) is 4.79 Å². The number of hydrogen-bond donors (Lipinski definition) is 1. The van der Waals surface area contributed by atoms with E-state index >= 15 is 0 Å². The fourth-order valence-electron chi connectivity index (χ4n) is 4.00. The van der Waals surface area contributed by atoms with Gasteiger partial charge in [0.2, 0.25) is 5.91 Å². The lowest BCUT2D eigenvalue weighted by atomic mass is 10.1. The molecule has 1 rings (SSSR count). The predicted molar refractivity (Wildman–Crippen MR) is 149 cm³/mol. The predicted octanol–water partition coefficient (Wildman–Crippen LogP) is 4.89. The third-order valence-electron chi connectivity index (χ3n) is 5.12. The van der Waals surface area contributed by atoms with Gasteiger partial charge in [-0.25, -0.2) is 0 Å². The van der Waals surface area contributed by atoms with E-state index in [1.807, 2.05) is 0 Å². The van der Waals surface area contributed by atoms with Gasteiger partial charge in [-0.05, 0) is 84.6 Å². The molecule has 0 aromatic heterocycles. The number of amides is 1. The summed E-state index contributed by atoms with van der Waals surface area (Å²) in [6, 6.07) is 0.735. The molecule has 0 radical (unpaired) electrons. The van der Waals surface area contributed by atoms with E-state index in [1.54, 1.807) is 0 Å². The van der Waals surface area contributed by atoms with Crippen LogP contribution in [0.1, 0.15) is 32.1 Å². The Morgan fingerprint density at radius 2 is 1.32 bits per heavy atom. The van der Waals surface area contributed by atoms with Crippen molar-refractivity contribution in [3.05, 3.63) is 5.21 Å². The van der Waals surface area contributed by atoms with Gasteiger partial charge in [0.1, 0.15) is 13.1 Å². The van der Waals surface area contributed by atoms with E-state index in [9.17, 15) is 10.0 Å². The van der Waals surface area contributed by atoms with Crippen LogP contribution in [0.15, 0.2) is 0 Å². The summed E-state index contributed by atoms with van der Waals surface area (Å²) in [4.78, 5) is 12.3. The highest BCUT2D eigenvalue weighted by atomic mass is 28.5. The number of carbonyl (C=O) groups is 1. The van der Waals surface area contributed by atoms with Crippen molar-refractivity contribution in [3.63, 3.8) is 0 Å². The second kappa shape index (κ2) is 13.6. The molecule has 202 valence electrons. The van der Waals surface area contributed by atoms with Crippen molar-refractivity contribution in [3.8, 4) is 0 Å². The molecule has 0 aliphatic carbocycles. The van der Waals surface area contributed by atoms with Gasteiger partial charge in [0.15, 0.2) is 25.0 Å². The van der Waals surface area contributed by atoms with Crippen molar-refractivity contribution in [1.82, 2.24) is 5.32 Å². The molecule has 1 saturated heterocycles. The van der Waals surface area contributed by atoms with Crippen LogP contribution in [0, 0.1) is 5.21 Å². The summed E-state index contributed by atoms with van der Waals surface area (Å²) >= 11 is 0. The average molecular weight is 553 g/mol. The molecule has 1 aliphatic heterocycles. The van der Waals surface area contributed by atoms with E-state index in [1.165, 1.54) is 0 Å². The first kappa shape index (κ1) is 32.1. The highest BCUT2D eigenvalue weighted by Gasteiger charge is 2.49. The summed E-state index contributed by atoms with van der Waals surface area (Å²) in [5.74, 6) is 0.0769. The minimum Gasteiger partial charge on any atom is -0.633 e. The molecule has 12 heteroatoms. The van der Waals surface area contributed by atoms with E-state index in [4.69, 9.17) is 17.1 Å². The Hall–Kier alpha value is 0.0975. The number of morpholine rings is 1. The summed E-state index contributed by atoms with van der Waals surface area (Å²) in [5, 5.41) is 15.6. The third kappa shape index (κ3) is 15.3. The van der Waals surface area contributed by atoms with Crippen molar-refractivity contribution in [1.29, 1.82) is 0 Å². The number of quaternary nitrogens is 1. The lowest BCUT2D eigenvalue weighted by Gasteiger charge is -2.45. The number of rotatable bonds is 16. The molecule has 0 spiro atoms. The van der Waals surface area contributed by atoms with Gasteiger partial charge in [-0.2, -0.15) is 0 Å². The molecular weight excluding hydrogens is 501 g/mol. The molecule has 1 heterocycles. The molecule has 8 nitrogen and oxygen atoms in total. The maximum atomic E-state index is 12.5. The Labute approximate surface area is 213 Å². The van der Waals surface area contributed by atoms with Crippen molar-refractivity contribution in [2.45, 2.75) is 97.1 Å². The second-order valence-corrected chi connectivity index (χ2v) is 29.4. The number of hydroxylamine groups is 3. The minimum absolute atomic E-state index is 0.0769. The number of carbonyl (C=O) groups excluding carboxylic acids is 1. The number of nitrogens with one attached hydrogen (secondary N) is 1. The molecule has 1 aliphatic rings. The van der Waals surface area contributed by atoms with E-state index in [2.05, 4.69) is 64.2 Å². The Bertz CT molecular complexity index is 573.